The molecular formula is C25H27ClF2N4O3S2. The average Bonchev–Trinajstić information content (AvgIpc) is 3.44. The number of anilines is 1. The molecule has 0 spiro atoms. The van der Waals surface area contributed by atoms with E-state index in [0.29, 0.717) is 41.8 Å². The first-order chi connectivity index (χ1) is 17.6. The molecule has 12 heteroatoms. The zero-order valence-corrected chi connectivity index (χ0v) is 22.8. The molecule has 1 saturated heterocycles. The van der Waals surface area contributed by atoms with E-state index in [-0.39, 0.29) is 10.8 Å². The molecule has 1 fully saturated rings. The fourth-order valence-corrected chi connectivity index (χ4v) is 7.06. The van der Waals surface area contributed by atoms with Crippen LogP contribution in [0.25, 0.3) is 0 Å². The lowest BCUT2D eigenvalue weighted by Gasteiger charge is -2.29. The van der Waals surface area contributed by atoms with E-state index >= 15 is 0 Å². The van der Waals surface area contributed by atoms with Gasteiger partial charge >= 0.3 is 0 Å². The first kappa shape index (κ1) is 27.4. The number of hydrogen-bond acceptors (Lipinski definition) is 6. The predicted molar refractivity (Wildman–Crippen MR) is 140 cm³/mol. The number of carbonyl (C=O) groups is 1. The van der Waals surface area contributed by atoms with Crippen LogP contribution < -0.4 is 9.62 Å². The number of nitrogens with zero attached hydrogens (tertiary/aromatic N) is 3. The molecule has 7 nitrogen and oxygen atoms in total. The number of amides is 1. The quantitative estimate of drug-likeness (QED) is 0.346. The van der Waals surface area contributed by atoms with E-state index in [1.165, 1.54) is 35.6 Å². The molecule has 1 amide bonds. The third-order valence-corrected chi connectivity index (χ3v) is 9.63. The van der Waals surface area contributed by atoms with Crippen molar-refractivity contribution in [2.24, 2.45) is 0 Å². The summed E-state index contributed by atoms with van der Waals surface area (Å²) in [4.78, 5) is 18.9. The molecule has 1 aromatic heterocycles. The summed E-state index contributed by atoms with van der Waals surface area (Å²) in [5.74, 6) is -1.48. The van der Waals surface area contributed by atoms with Crippen molar-refractivity contribution in [3.05, 3.63) is 74.7 Å². The second-order valence-electron chi connectivity index (χ2n) is 8.75. The molecule has 1 aliphatic heterocycles. The molecule has 37 heavy (non-hydrogen) atoms. The average molecular weight is 569 g/mol. The van der Waals surface area contributed by atoms with Gasteiger partial charge in [0.25, 0.3) is 10.0 Å². The number of sulfonamides is 1. The summed E-state index contributed by atoms with van der Waals surface area (Å²) in [5, 5.41) is 4.08. The summed E-state index contributed by atoms with van der Waals surface area (Å²) in [6, 6.07) is 7.25. The fraction of sp³-hybridized carbons (Fsp3) is 0.360. The summed E-state index contributed by atoms with van der Waals surface area (Å²) < 4.78 is 57.3. The number of aromatic nitrogens is 1. The second-order valence-corrected chi connectivity index (χ2v) is 12.1. The van der Waals surface area contributed by atoms with Crippen molar-refractivity contribution in [1.29, 1.82) is 0 Å². The minimum atomic E-state index is -4.32. The van der Waals surface area contributed by atoms with Crippen LogP contribution in [-0.2, 0) is 21.4 Å². The monoisotopic (exact) mass is 568 g/mol. The van der Waals surface area contributed by atoms with Crippen LogP contribution in [0, 0.1) is 18.6 Å². The number of thiazole rings is 1. The summed E-state index contributed by atoms with van der Waals surface area (Å²) in [7, 11) is -4.32. The number of likely N-dealkylation sites (tertiary alicyclic amines) is 1. The standard InChI is InChI=1S/C25H27ClF2N4O3S2/c1-16-23(15-29-11-13-31-12-3-4-24(31)33)36-25(30-16)17(2)32(22-14-19(27)7-10-21(22)28)37(34,35)20-8-5-18(26)6-9-20/h5-10,14,17,29H,3-4,11-13,15H2,1-2H3. The zero-order chi connectivity index (χ0) is 26.7. The summed E-state index contributed by atoms with van der Waals surface area (Å²) in [5.41, 5.74) is 0.297. The van der Waals surface area contributed by atoms with Gasteiger partial charge in [-0.1, -0.05) is 11.6 Å². The van der Waals surface area contributed by atoms with Crippen LogP contribution >= 0.6 is 22.9 Å². The number of aryl methyl sites for hydroxylation is 1. The molecule has 0 aliphatic carbocycles. The Balaban J connectivity index is 1.60. The van der Waals surface area contributed by atoms with Crippen molar-refractivity contribution in [3.8, 4) is 0 Å². The molecule has 3 aromatic rings. The Morgan fingerprint density at radius 3 is 2.62 bits per heavy atom. The van der Waals surface area contributed by atoms with E-state index in [9.17, 15) is 22.0 Å². The van der Waals surface area contributed by atoms with Gasteiger partial charge in [0.05, 0.1) is 22.3 Å². The Bertz CT molecular complexity index is 1380. The van der Waals surface area contributed by atoms with Gasteiger partial charge in [0.15, 0.2) is 0 Å². The molecular weight excluding hydrogens is 542 g/mol. The Hall–Kier alpha value is -2.60. The molecule has 2 heterocycles. The fourth-order valence-electron chi connectivity index (χ4n) is 4.17. The van der Waals surface area contributed by atoms with Crippen LogP contribution in [-0.4, -0.2) is 43.8 Å². The number of carbonyl (C=O) groups excluding carboxylic acids is 1. The van der Waals surface area contributed by atoms with Crippen molar-refractivity contribution in [3.63, 3.8) is 0 Å². The third kappa shape index (κ3) is 6.11. The second kappa shape index (κ2) is 11.4. The molecule has 1 N–H and O–H groups in total. The minimum Gasteiger partial charge on any atom is -0.341 e. The minimum absolute atomic E-state index is 0.112. The Labute approximate surface area is 224 Å². The van der Waals surface area contributed by atoms with Gasteiger partial charge in [0, 0.05) is 48.6 Å². The maximum Gasteiger partial charge on any atom is 0.265 e. The molecule has 198 valence electrons. The van der Waals surface area contributed by atoms with Gasteiger partial charge in [0.2, 0.25) is 5.91 Å². The normalized spacial score (nSPS) is 14.8. The third-order valence-electron chi connectivity index (χ3n) is 6.15. The number of rotatable bonds is 10. The molecule has 0 radical (unpaired) electrons. The van der Waals surface area contributed by atoms with Crippen molar-refractivity contribution in [2.45, 2.75) is 44.2 Å². The summed E-state index contributed by atoms with van der Waals surface area (Å²) >= 11 is 7.23. The van der Waals surface area contributed by atoms with Gasteiger partial charge in [-0.15, -0.1) is 11.3 Å². The molecule has 1 aliphatic rings. The lowest BCUT2D eigenvalue weighted by Crippen LogP contribution is -2.34. The number of hydrogen-bond donors (Lipinski definition) is 1. The first-order valence-corrected chi connectivity index (χ1v) is 14.4. The predicted octanol–water partition coefficient (Wildman–Crippen LogP) is 5.05. The van der Waals surface area contributed by atoms with Gasteiger partial charge in [-0.25, -0.2) is 22.2 Å². The van der Waals surface area contributed by atoms with E-state index in [4.69, 9.17) is 11.6 Å². The van der Waals surface area contributed by atoms with E-state index in [2.05, 4.69) is 10.3 Å². The van der Waals surface area contributed by atoms with Gasteiger partial charge in [0.1, 0.15) is 16.6 Å². The highest BCUT2D eigenvalue weighted by molar-refractivity contribution is 7.92. The molecule has 1 unspecified atom stereocenters. The van der Waals surface area contributed by atoms with Crippen LogP contribution in [0.1, 0.15) is 41.4 Å². The Kier molecular flexibility index (Phi) is 8.47. The van der Waals surface area contributed by atoms with Gasteiger partial charge in [-0.2, -0.15) is 0 Å². The van der Waals surface area contributed by atoms with E-state index in [0.717, 1.165) is 40.3 Å². The van der Waals surface area contributed by atoms with Crippen LogP contribution in [0.5, 0.6) is 0 Å². The SMILES string of the molecule is Cc1nc(C(C)N(c2cc(F)ccc2F)S(=O)(=O)c2ccc(Cl)cc2)sc1CNCCN1CCCC1=O. The zero-order valence-electron chi connectivity index (χ0n) is 20.4. The Morgan fingerprint density at radius 2 is 1.95 bits per heavy atom. The van der Waals surface area contributed by atoms with E-state index in [1.54, 1.807) is 6.92 Å². The topological polar surface area (TPSA) is 82.6 Å². The maximum atomic E-state index is 14.9. The van der Waals surface area contributed by atoms with Gasteiger partial charge in [-0.3, -0.25) is 9.10 Å². The van der Waals surface area contributed by atoms with Crippen LogP contribution in [0.15, 0.2) is 47.4 Å². The molecule has 4 rings (SSSR count). The number of nitrogens with one attached hydrogen (secondary N) is 1. The lowest BCUT2D eigenvalue weighted by atomic mass is 10.2. The smallest absolute Gasteiger partial charge is 0.265 e. The molecule has 2 aromatic carbocycles. The lowest BCUT2D eigenvalue weighted by molar-refractivity contribution is -0.127. The maximum absolute atomic E-state index is 14.9. The van der Waals surface area contributed by atoms with Gasteiger partial charge in [-0.05, 0) is 56.7 Å². The van der Waals surface area contributed by atoms with Crippen molar-refractivity contribution < 1.29 is 22.0 Å². The first-order valence-electron chi connectivity index (χ1n) is 11.8. The summed E-state index contributed by atoms with van der Waals surface area (Å²) in [6.07, 6.45) is 1.48. The van der Waals surface area contributed by atoms with Crippen molar-refractivity contribution in [1.82, 2.24) is 15.2 Å². The molecule has 1 atom stereocenters. The van der Waals surface area contributed by atoms with Gasteiger partial charge < -0.3 is 10.2 Å². The Morgan fingerprint density at radius 1 is 1.22 bits per heavy atom. The molecule has 0 bridgehead atoms. The van der Waals surface area contributed by atoms with Crippen LogP contribution in [0.2, 0.25) is 5.02 Å². The molecule has 0 saturated carbocycles. The van der Waals surface area contributed by atoms with Crippen molar-refractivity contribution in [2.75, 3.05) is 23.9 Å². The van der Waals surface area contributed by atoms with E-state index in [1.807, 2.05) is 11.8 Å². The highest BCUT2D eigenvalue weighted by Gasteiger charge is 2.34. The highest BCUT2D eigenvalue weighted by Crippen LogP contribution is 2.37. The number of halogens is 3. The van der Waals surface area contributed by atoms with Crippen LogP contribution in [0.3, 0.4) is 0 Å². The van der Waals surface area contributed by atoms with Crippen LogP contribution in [0.4, 0.5) is 14.5 Å². The summed E-state index contributed by atoms with van der Waals surface area (Å²) in [6.45, 7) is 5.89. The van der Waals surface area contributed by atoms with Crippen molar-refractivity contribution >= 4 is 44.6 Å². The largest absolute Gasteiger partial charge is 0.341 e. The highest BCUT2D eigenvalue weighted by atomic mass is 35.5. The van der Waals surface area contributed by atoms with E-state index < -0.39 is 33.4 Å². The number of benzene rings is 2.